The SMILES string of the molecule is C=CCOC(=O)CCC(CC(O)NCC(=O)OCC=C)C(=O)OCC=C. The van der Waals surface area contributed by atoms with Crippen LogP contribution in [0, 0.1) is 5.92 Å². The normalized spacial score (nSPS) is 12.3. The molecule has 0 aliphatic rings. The molecule has 0 aromatic rings. The predicted octanol–water partition coefficient (Wildman–Crippen LogP) is 0.869. The van der Waals surface area contributed by atoms with Gasteiger partial charge in [-0.25, -0.2) is 0 Å². The molecule has 0 spiro atoms. The average Bonchev–Trinajstić information content (AvgIpc) is 2.63. The molecule has 0 radical (unpaired) electrons. The number of hydrogen-bond acceptors (Lipinski definition) is 8. The Kier molecular flexibility index (Phi) is 13.5. The zero-order valence-electron chi connectivity index (χ0n) is 14.9. The maximum atomic E-state index is 12.1. The molecule has 0 fully saturated rings. The molecule has 0 aromatic heterocycles. The molecule has 0 aromatic carbocycles. The summed E-state index contributed by atoms with van der Waals surface area (Å²) in [7, 11) is 0. The van der Waals surface area contributed by atoms with Crippen molar-refractivity contribution in [1.29, 1.82) is 0 Å². The van der Waals surface area contributed by atoms with Gasteiger partial charge in [-0.3, -0.25) is 19.7 Å². The van der Waals surface area contributed by atoms with Crippen molar-refractivity contribution in [3.63, 3.8) is 0 Å². The van der Waals surface area contributed by atoms with Crippen LogP contribution in [0.1, 0.15) is 19.3 Å². The topological polar surface area (TPSA) is 111 Å². The van der Waals surface area contributed by atoms with E-state index in [9.17, 15) is 19.5 Å². The number of aliphatic hydroxyl groups excluding tert-OH is 1. The number of rotatable bonds is 15. The van der Waals surface area contributed by atoms with E-state index in [1.807, 2.05) is 0 Å². The third-order valence-corrected chi connectivity index (χ3v) is 3.09. The zero-order valence-corrected chi connectivity index (χ0v) is 14.9. The molecule has 0 amide bonds. The molecule has 0 bridgehead atoms. The lowest BCUT2D eigenvalue weighted by molar-refractivity contribution is -0.150. The van der Waals surface area contributed by atoms with Gasteiger partial charge in [0.1, 0.15) is 26.0 Å². The molecule has 26 heavy (non-hydrogen) atoms. The summed E-state index contributed by atoms with van der Waals surface area (Å²) < 4.78 is 14.6. The first-order valence-electron chi connectivity index (χ1n) is 8.16. The van der Waals surface area contributed by atoms with E-state index in [2.05, 4.69) is 25.1 Å². The third-order valence-electron chi connectivity index (χ3n) is 3.09. The zero-order chi connectivity index (χ0) is 19.8. The molecule has 8 nitrogen and oxygen atoms in total. The van der Waals surface area contributed by atoms with Crippen molar-refractivity contribution in [3.05, 3.63) is 38.0 Å². The van der Waals surface area contributed by atoms with E-state index < -0.39 is 30.1 Å². The van der Waals surface area contributed by atoms with Gasteiger partial charge in [-0.2, -0.15) is 0 Å². The Balaban J connectivity index is 4.52. The lowest BCUT2D eigenvalue weighted by Crippen LogP contribution is -2.37. The van der Waals surface area contributed by atoms with Crippen molar-refractivity contribution < 1.29 is 33.7 Å². The quantitative estimate of drug-likeness (QED) is 0.189. The fourth-order valence-corrected chi connectivity index (χ4v) is 1.86. The van der Waals surface area contributed by atoms with E-state index in [-0.39, 0.29) is 45.6 Å². The minimum Gasteiger partial charge on any atom is -0.461 e. The highest BCUT2D eigenvalue weighted by molar-refractivity contribution is 5.75. The first-order valence-corrected chi connectivity index (χ1v) is 8.16. The van der Waals surface area contributed by atoms with Crippen LogP contribution in [-0.4, -0.2) is 55.6 Å². The highest BCUT2D eigenvalue weighted by Gasteiger charge is 2.25. The van der Waals surface area contributed by atoms with Crippen LogP contribution >= 0.6 is 0 Å². The van der Waals surface area contributed by atoms with Crippen LogP contribution in [0.4, 0.5) is 0 Å². The third kappa shape index (κ3) is 12.0. The second-order valence-corrected chi connectivity index (χ2v) is 5.23. The largest absolute Gasteiger partial charge is 0.461 e. The maximum Gasteiger partial charge on any atom is 0.320 e. The number of carbonyl (C=O) groups is 3. The van der Waals surface area contributed by atoms with Crippen LogP contribution in [0.15, 0.2) is 38.0 Å². The van der Waals surface area contributed by atoms with Crippen LogP contribution in [-0.2, 0) is 28.6 Å². The van der Waals surface area contributed by atoms with Crippen LogP contribution in [0.3, 0.4) is 0 Å². The molecular formula is C18H27NO7. The van der Waals surface area contributed by atoms with E-state index in [4.69, 9.17) is 14.2 Å². The second-order valence-electron chi connectivity index (χ2n) is 5.23. The van der Waals surface area contributed by atoms with E-state index >= 15 is 0 Å². The summed E-state index contributed by atoms with van der Waals surface area (Å²) in [6, 6.07) is 0. The summed E-state index contributed by atoms with van der Waals surface area (Å²) in [5, 5.41) is 12.5. The van der Waals surface area contributed by atoms with Crippen molar-refractivity contribution >= 4 is 17.9 Å². The Bertz CT molecular complexity index is 490. The number of esters is 3. The van der Waals surface area contributed by atoms with Crippen LogP contribution in [0.2, 0.25) is 0 Å². The predicted molar refractivity (Wildman–Crippen MR) is 94.8 cm³/mol. The first-order chi connectivity index (χ1) is 12.4. The van der Waals surface area contributed by atoms with Crippen molar-refractivity contribution in [2.75, 3.05) is 26.4 Å². The Labute approximate surface area is 153 Å². The monoisotopic (exact) mass is 369 g/mol. The Morgan fingerprint density at radius 2 is 1.46 bits per heavy atom. The summed E-state index contributed by atoms with van der Waals surface area (Å²) in [5.41, 5.74) is 0. The molecule has 0 aliphatic carbocycles. The minimum atomic E-state index is -1.16. The fourth-order valence-electron chi connectivity index (χ4n) is 1.86. The first kappa shape index (κ1) is 23.5. The standard InChI is InChI=1S/C18H27NO7/c1-4-9-24-16(21)8-7-14(18(23)26-11-6-3)12-15(20)19-13-17(22)25-10-5-2/h4-6,14-15,19-20H,1-3,7-13H2. The van der Waals surface area contributed by atoms with Gasteiger partial charge in [0.25, 0.3) is 0 Å². The van der Waals surface area contributed by atoms with Gasteiger partial charge in [0.05, 0.1) is 12.5 Å². The summed E-state index contributed by atoms with van der Waals surface area (Å²) in [6.45, 7) is 10.3. The van der Waals surface area contributed by atoms with Crippen molar-refractivity contribution in [2.24, 2.45) is 5.92 Å². The summed E-state index contributed by atoms with van der Waals surface area (Å²) in [4.78, 5) is 35.0. The number of carbonyl (C=O) groups excluding carboxylic acids is 3. The van der Waals surface area contributed by atoms with Gasteiger partial charge >= 0.3 is 17.9 Å². The van der Waals surface area contributed by atoms with Gasteiger partial charge in [-0.15, -0.1) is 0 Å². The van der Waals surface area contributed by atoms with Gasteiger partial charge < -0.3 is 19.3 Å². The highest BCUT2D eigenvalue weighted by Crippen LogP contribution is 2.16. The number of aliphatic hydroxyl groups is 1. The molecule has 0 saturated heterocycles. The molecular weight excluding hydrogens is 342 g/mol. The number of hydrogen-bond donors (Lipinski definition) is 2. The highest BCUT2D eigenvalue weighted by atomic mass is 16.5. The molecule has 0 aliphatic heterocycles. The second kappa shape index (κ2) is 14.9. The number of nitrogens with one attached hydrogen (secondary N) is 1. The lowest BCUT2D eigenvalue weighted by Gasteiger charge is -2.19. The Morgan fingerprint density at radius 3 is 2.04 bits per heavy atom. The van der Waals surface area contributed by atoms with Crippen molar-refractivity contribution in [1.82, 2.24) is 5.32 Å². The molecule has 2 unspecified atom stereocenters. The molecule has 8 heteroatoms. The van der Waals surface area contributed by atoms with Crippen LogP contribution in [0.25, 0.3) is 0 Å². The number of ether oxygens (including phenoxy) is 3. The minimum absolute atomic E-state index is 0.0181. The maximum absolute atomic E-state index is 12.1. The van der Waals surface area contributed by atoms with Crippen LogP contribution < -0.4 is 5.32 Å². The summed E-state index contributed by atoms with van der Waals surface area (Å²) in [5.74, 6) is -2.38. The molecule has 2 N–H and O–H groups in total. The molecule has 0 rings (SSSR count). The van der Waals surface area contributed by atoms with Gasteiger partial charge in [0, 0.05) is 6.42 Å². The fraction of sp³-hybridized carbons (Fsp3) is 0.500. The van der Waals surface area contributed by atoms with E-state index in [0.29, 0.717) is 0 Å². The summed E-state index contributed by atoms with van der Waals surface area (Å²) in [6.07, 6.45) is 3.19. The van der Waals surface area contributed by atoms with E-state index in [1.54, 1.807) is 0 Å². The van der Waals surface area contributed by atoms with Crippen LogP contribution in [0.5, 0.6) is 0 Å². The van der Waals surface area contributed by atoms with Gasteiger partial charge in [0.15, 0.2) is 0 Å². The summed E-state index contributed by atoms with van der Waals surface area (Å²) >= 11 is 0. The molecule has 0 saturated carbocycles. The lowest BCUT2D eigenvalue weighted by atomic mass is 9.98. The molecule has 146 valence electrons. The van der Waals surface area contributed by atoms with Gasteiger partial charge in [-0.05, 0) is 12.8 Å². The molecule has 0 heterocycles. The Morgan fingerprint density at radius 1 is 0.923 bits per heavy atom. The van der Waals surface area contributed by atoms with Crippen molar-refractivity contribution in [3.8, 4) is 0 Å². The van der Waals surface area contributed by atoms with Gasteiger partial charge in [0.2, 0.25) is 0 Å². The average molecular weight is 369 g/mol. The van der Waals surface area contributed by atoms with E-state index in [1.165, 1.54) is 18.2 Å². The molecule has 2 atom stereocenters. The Hall–Kier alpha value is -2.45. The van der Waals surface area contributed by atoms with E-state index in [0.717, 1.165) is 0 Å². The van der Waals surface area contributed by atoms with Gasteiger partial charge in [-0.1, -0.05) is 38.0 Å². The smallest absolute Gasteiger partial charge is 0.320 e. The van der Waals surface area contributed by atoms with Crippen molar-refractivity contribution in [2.45, 2.75) is 25.5 Å².